The van der Waals surface area contributed by atoms with Gasteiger partial charge in [-0.2, -0.15) is 0 Å². The first-order valence-electron chi connectivity index (χ1n) is 14.2. The average molecular weight is 556 g/mol. The average Bonchev–Trinajstić information content (AvgIpc) is 3.46. The molecule has 0 spiro atoms. The Hall–Kier alpha value is -2.91. The number of carbonyl (C=O) groups excluding carboxylic acids is 2. The van der Waals surface area contributed by atoms with Gasteiger partial charge in [-0.1, -0.05) is 56.0 Å². The normalized spacial score (nSPS) is 19.0. The van der Waals surface area contributed by atoms with Gasteiger partial charge in [-0.3, -0.25) is 9.59 Å². The highest BCUT2D eigenvalue weighted by atomic mass is 32.2. The Morgan fingerprint density at radius 2 is 1.79 bits per heavy atom. The molecule has 8 nitrogen and oxygen atoms in total. The first-order valence-corrected chi connectivity index (χ1v) is 15.7. The maximum absolute atomic E-state index is 13.8. The number of hydrogen-bond donors (Lipinski definition) is 2. The molecule has 0 radical (unpaired) electrons. The van der Waals surface area contributed by atoms with Crippen LogP contribution in [0.15, 0.2) is 53.4 Å². The number of esters is 1. The quantitative estimate of drug-likeness (QED) is 0.359. The van der Waals surface area contributed by atoms with Crippen molar-refractivity contribution in [1.29, 1.82) is 0 Å². The van der Waals surface area contributed by atoms with Crippen LogP contribution in [-0.2, 0) is 24.3 Å². The van der Waals surface area contributed by atoms with Crippen LogP contribution in [0.4, 0.5) is 11.4 Å². The van der Waals surface area contributed by atoms with Gasteiger partial charge in [-0.25, -0.2) is 13.1 Å². The predicted molar refractivity (Wildman–Crippen MR) is 153 cm³/mol. The van der Waals surface area contributed by atoms with E-state index in [0.29, 0.717) is 49.8 Å². The number of benzene rings is 2. The van der Waals surface area contributed by atoms with Crippen LogP contribution in [0, 0.1) is 11.8 Å². The van der Waals surface area contributed by atoms with Crippen molar-refractivity contribution < 1.29 is 22.7 Å². The number of amides is 1. The third-order valence-corrected chi connectivity index (χ3v) is 9.37. The second kappa shape index (κ2) is 13.4. The molecule has 2 aromatic carbocycles. The number of ether oxygens (including phenoxy) is 1. The number of hydrogen-bond acceptors (Lipinski definition) is 6. The van der Waals surface area contributed by atoms with Crippen molar-refractivity contribution in [2.75, 3.05) is 29.9 Å². The van der Waals surface area contributed by atoms with Crippen LogP contribution in [0.2, 0.25) is 0 Å². The van der Waals surface area contributed by atoms with Gasteiger partial charge in [0.1, 0.15) is 4.90 Å². The molecule has 4 rings (SSSR count). The van der Waals surface area contributed by atoms with Crippen LogP contribution in [0.5, 0.6) is 0 Å². The Morgan fingerprint density at radius 3 is 2.51 bits per heavy atom. The zero-order chi connectivity index (χ0) is 27.8. The Balaban J connectivity index is 1.58. The third-order valence-electron chi connectivity index (χ3n) is 7.80. The van der Waals surface area contributed by atoms with Crippen LogP contribution in [-0.4, -0.2) is 40.0 Å². The Morgan fingerprint density at radius 1 is 1.05 bits per heavy atom. The van der Waals surface area contributed by atoms with Crippen LogP contribution in [0.1, 0.15) is 76.8 Å². The van der Waals surface area contributed by atoms with E-state index < -0.39 is 16.1 Å². The molecule has 212 valence electrons. The van der Waals surface area contributed by atoms with Crippen LogP contribution >= 0.6 is 0 Å². The van der Waals surface area contributed by atoms with Crippen molar-refractivity contribution in [3.05, 3.63) is 54.1 Å². The molecule has 2 atom stereocenters. The molecule has 0 bridgehead atoms. The lowest BCUT2D eigenvalue weighted by atomic mass is 9.97. The summed E-state index contributed by atoms with van der Waals surface area (Å²) in [6.07, 6.45) is 7.55. The summed E-state index contributed by atoms with van der Waals surface area (Å²) >= 11 is 0. The number of nitrogens with zero attached hydrogens (tertiary/aromatic N) is 1. The minimum absolute atomic E-state index is 0.0865. The third kappa shape index (κ3) is 7.82. The number of sulfonamides is 1. The minimum Gasteiger partial charge on any atom is -0.466 e. The number of nitrogens with one attached hydrogen (secondary N) is 2. The van der Waals surface area contributed by atoms with E-state index in [2.05, 4.69) is 10.0 Å². The van der Waals surface area contributed by atoms with Crippen molar-refractivity contribution in [3.8, 4) is 0 Å². The molecule has 1 heterocycles. The van der Waals surface area contributed by atoms with Gasteiger partial charge in [0.15, 0.2) is 0 Å². The van der Waals surface area contributed by atoms with E-state index in [0.717, 1.165) is 18.4 Å². The molecule has 0 unspecified atom stereocenters. The summed E-state index contributed by atoms with van der Waals surface area (Å²) in [4.78, 5) is 27.2. The second-order valence-electron chi connectivity index (χ2n) is 10.7. The van der Waals surface area contributed by atoms with E-state index in [4.69, 9.17) is 4.74 Å². The van der Waals surface area contributed by atoms with Gasteiger partial charge in [0, 0.05) is 31.2 Å². The fraction of sp³-hybridized carbons (Fsp3) is 0.533. The highest BCUT2D eigenvalue weighted by Crippen LogP contribution is 2.33. The summed E-state index contributed by atoms with van der Waals surface area (Å²) in [5.41, 5.74) is 1.81. The van der Waals surface area contributed by atoms with Gasteiger partial charge in [-0.05, 0) is 62.8 Å². The Labute approximate surface area is 232 Å². The number of anilines is 2. The first-order chi connectivity index (χ1) is 18.8. The molecule has 1 saturated heterocycles. The second-order valence-corrected chi connectivity index (χ2v) is 12.4. The van der Waals surface area contributed by atoms with E-state index in [-0.39, 0.29) is 22.7 Å². The van der Waals surface area contributed by atoms with E-state index >= 15 is 0 Å². The van der Waals surface area contributed by atoms with Gasteiger partial charge in [-0.15, -0.1) is 0 Å². The van der Waals surface area contributed by atoms with Crippen molar-refractivity contribution in [2.45, 2.75) is 76.2 Å². The predicted octanol–water partition coefficient (Wildman–Crippen LogP) is 5.41. The van der Waals surface area contributed by atoms with Crippen LogP contribution < -0.4 is 14.9 Å². The fourth-order valence-electron chi connectivity index (χ4n) is 5.68. The zero-order valence-electron chi connectivity index (χ0n) is 23.0. The Bertz CT molecular complexity index is 1230. The summed E-state index contributed by atoms with van der Waals surface area (Å²) in [5.74, 6) is -0.0813. The molecule has 9 heteroatoms. The summed E-state index contributed by atoms with van der Waals surface area (Å²) in [7, 11) is -3.98. The maximum Gasteiger partial charge on any atom is 0.310 e. The Kier molecular flexibility index (Phi) is 10.0. The molecule has 2 N–H and O–H groups in total. The van der Waals surface area contributed by atoms with E-state index in [1.165, 1.54) is 31.7 Å². The minimum atomic E-state index is -3.98. The largest absolute Gasteiger partial charge is 0.466 e. The molecular weight excluding hydrogens is 514 g/mol. The van der Waals surface area contributed by atoms with E-state index in [9.17, 15) is 18.0 Å². The number of rotatable bonds is 11. The van der Waals surface area contributed by atoms with Crippen molar-refractivity contribution in [2.24, 2.45) is 11.8 Å². The van der Waals surface area contributed by atoms with Crippen molar-refractivity contribution in [3.63, 3.8) is 0 Å². The highest BCUT2D eigenvalue weighted by molar-refractivity contribution is 7.89. The molecule has 2 aliphatic rings. The smallest absolute Gasteiger partial charge is 0.310 e. The summed E-state index contributed by atoms with van der Waals surface area (Å²) in [5, 5.41) is 2.91. The van der Waals surface area contributed by atoms with Gasteiger partial charge < -0.3 is 15.0 Å². The molecular formula is C30H41N3O5S. The lowest BCUT2D eigenvalue weighted by Gasteiger charge is -2.34. The van der Waals surface area contributed by atoms with E-state index in [1.807, 2.05) is 35.2 Å². The van der Waals surface area contributed by atoms with Gasteiger partial charge in [0.05, 0.1) is 18.2 Å². The molecule has 2 fully saturated rings. The molecule has 1 aliphatic carbocycles. The molecule has 1 aliphatic heterocycles. The number of carbonyl (C=O) groups is 2. The first kappa shape index (κ1) is 29.1. The lowest BCUT2D eigenvalue weighted by molar-refractivity contribution is -0.148. The van der Waals surface area contributed by atoms with Crippen LogP contribution in [0.3, 0.4) is 0 Å². The number of piperidine rings is 1. The fourth-order valence-corrected chi connectivity index (χ4v) is 7.16. The lowest BCUT2D eigenvalue weighted by Crippen LogP contribution is -2.40. The SMILES string of the molecule is CCOC(=O)[C@@H]1CCCN(c2ccc(NC(=O)CCC3CCCC3)cc2S(=O)(=O)N[C@H](C)c2ccccc2)C1. The topological polar surface area (TPSA) is 105 Å². The van der Waals surface area contributed by atoms with Gasteiger partial charge >= 0.3 is 5.97 Å². The standard InChI is InChI=1S/C30H41N3O5S/c1-3-38-30(35)25-14-9-19-33(21-25)27-17-16-26(31-29(34)18-15-23-10-7-8-11-23)20-28(27)39(36,37)32-22(2)24-12-5-4-6-13-24/h4-6,12-13,16-17,20,22-23,25,32H,3,7-11,14-15,18-19,21H2,1-2H3,(H,31,34)/t22-,25-/m1/s1. The molecule has 1 amide bonds. The van der Waals surface area contributed by atoms with Crippen molar-refractivity contribution >= 4 is 33.3 Å². The zero-order valence-corrected chi connectivity index (χ0v) is 23.8. The molecule has 2 aromatic rings. The van der Waals surface area contributed by atoms with E-state index in [1.54, 1.807) is 26.0 Å². The van der Waals surface area contributed by atoms with Gasteiger partial charge in [0.25, 0.3) is 0 Å². The van der Waals surface area contributed by atoms with Gasteiger partial charge in [0.2, 0.25) is 15.9 Å². The summed E-state index contributed by atoms with van der Waals surface area (Å²) in [6, 6.07) is 14.0. The monoisotopic (exact) mass is 555 g/mol. The molecule has 1 saturated carbocycles. The maximum atomic E-state index is 13.8. The molecule has 0 aromatic heterocycles. The highest BCUT2D eigenvalue weighted by Gasteiger charge is 2.31. The summed E-state index contributed by atoms with van der Waals surface area (Å²) in [6.45, 7) is 4.90. The molecule has 39 heavy (non-hydrogen) atoms. The van der Waals surface area contributed by atoms with Crippen LogP contribution in [0.25, 0.3) is 0 Å². The summed E-state index contributed by atoms with van der Waals surface area (Å²) < 4.78 is 35.6. The van der Waals surface area contributed by atoms with Crippen molar-refractivity contribution in [1.82, 2.24) is 4.72 Å².